The number of carbonyl (C=O) groups excluding carboxylic acids is 1. The van der Waals surface area contributed by atoms with E-state index in [1.165, 1.54) is 13.1 Å². The zero-order chi connectivity index (χ0) is 8.34. The molecule has 3 fully saturated rings. The van der Waals surface area contributed by atoms with E-state index in [1.807, 2.05) is 0 Å². The van der Waals surface area contributed by atoms with Crippen molar-refractivity contribution < 1.29 is 4.79 Å². The van der Waals surface area contributed by atoms with E-state index < -0.39 is 0 Å². The average molecular weight is 166 g/mol. The first-order chi connectivity index (χ1) is 5.72. The summed E-state index contributed by atoms with van der Waals surface area (Å²) >= 11 is 0. The minimum Gasteiger partial charge on any atom is -0.335 e. The average Bonchev–Trinajstić information content (AvgIpc) is 2.75. The van der Waals surface area contributed by atoms with Gasteiger partial charge in [-0.25, -0.2) is 0 Å². The fourth-order valence-corrected chi connectivity index (χ4v) is 2.81. The highest BCUT2D eigenvalue weighted by atomic mass is 16.2. The Balaban J connectivity index is 1.91. The molecule has 66 valence electrons. The van der Waals surface area contributed by atoms with Crippen LogP contribution in [-0.4, -0.2) is 46.9 Å². The van der Waals surface area contributed by atoms with Crippen LogP contribution < -0.4 is 0 Å². The van der Waals surface area contributed by atoms with E-state index in [9.17, 15) is 4.79 Å². The Morgan fingerprint density at radius 2 is 2.33 bits per heavy atom. The summed E-state index contributed by atoms with van der Waals surface area (Å²) < 4.78 is 0. The van der Waals surface area contributed by atoms with Crippen molar-refractivity contribution in [3.63, 3.8) is 0 Å². The first-order valence-electron chi connectivity index (χ1n) is 4.76. The van der Waals surface area contributed by atoms with Gasteiger partial charge >= 0.3 is 0 Å². The summed E-state index contributed by atoms with van der Waals surface area (Å²) in [6.45, 7) is 5.65. The quantitative estimate of drug-likeness (QED) is 0.375. The van der Waals surface area contributed by atoms with Crippen LogP contribution in [0.4, 0.5) is 0 Å². The van der Waals surface area contributed by atoms with Gasteiger partial charge in [-0.15, -0.1) is 0 Å². The van der Waals surface area contributed by atoms with Crippen LogP contribution in [0.5, 0.6) is 0 Å². The molecular formula is C9H14N2O. The van der Waals surface area contributed by atoms with Crippen molar-refractivity contribution in [2.75, 3.05) is 19.6 Å². The van der Waals surface area contributed by atoms with Crippen LogP contribution in [-0.2, 0) is 4.79 Å². The Morgan fingerprint density at radius 1 is 1.50 bits per heavy atom. The van der Waals surface area contributed by atoms with E-state index in [0.717, 1.165) is 19.4 Å². The van der Waals surface area contributed by atoms with Crippen molar-refractivity contribution in [2.45, 2.75) is 31.3 Å². The lowest BCUT2D eigenvalue weighted by Crippen LogP contribution is -2.64. The van der Waals surface area contributed by atoms with Crippen molar-refractivity contribution in [1.82, 2.24) is 9.80 Å². The fourth-order valence-electron chi connectivity index (χ4n) is 2.81. The minimum absolute atomic E-state index is 0.216. The second kappa shape index (κ2) is 1.84. The van der Waals surface area contributed by atoms with Crippen LogP contribution in [0.15, 0.2) is 0 Å². The molecule has 3 aliphatic rings. The highest BCUT2D eigenvalue weighted by Crippen LogP contribution is 2.44. The largest absolute Gasteiger partial charge is 0.335 e. The van der Waals surface area contributed by atoms with E-state index in [1.54, 1.807) is 0 Å². The third-order valence-electron chi connectivity index (χ3n) is 3.69. The number of β-lactam (4-membered cyclic amide) rings is 1. The lowest BCUT2D eigenvalue weighted by molar-refractivity contribution is -0.154. The molecule has 3 aliphatic heterocycles. The van der Waals surface area contributed by atoms with E-state index in [2.05, 4.69) is 16.7 Å². The Labute approximate surface area is 72.3 Å². The van der Waals surface area contributed by atoms with Crippen molar-refractivity contribution in [3.05, 3.63) is 0 Å². The highest BCUT2D eigenvalue weighted by Gasteiger charge is 2.60. The maximum Gasteiger partial charge on any atom is 0.225 e. The van der Waals surface area contributed by atoms with Crippen LogP contribution in [0.2, 0.25) is 0 Å². The van der Waals surface area contributed by atoms with Gasteiger partial charge in [-0.3, -0.25) is 9.69 Å². The SMILES string of the molecule is CC12CC(=O)N1CCCN1CC12. The van der Waals surface area contributed by atoms with Crippen molar-refractivity contribution in [1.29, 1.82) is 0 Å². The number of carbonyl (C=O) groups is 1. The van der Waals surface area contributed by atoms with Crippen LogP contribution >= 0.6 is 0 Å². The monoisotopic (exact) mass is 166 g/mol. The van der Waals surface area contributed by atoms with Gasteiger partial charge in [-0.1, -0.05) is 0 Å². The summed E-state index contributed by atoms with van der Waals surface area (Å²) in [6, 6.07) is 0.692. The summed E-state index contributed by atoms with van der Waals surface area (Å²) in [7, 11) is 0. The van der Waals surface area contributed by atoms with Gasteiger partial charge < -0.3 is 4.90 Å². The zero-order valence-corrected chi connectivity index (χ0v) is 7.42. The predicted octanol–water partition coefficient (Wildman–Crippen LogP) is 0.0653. The smallest absolute Gasteiger partial charge is 0.225 e. The Morgan fingerprint density at radius 3 is 3.08 bits per heavy atom. The van der Waals surface area contributed by atoms with E-state index in [0.29, 0.717) is 11.9 Å². The number of hydrogen-bond acceptors (Lipinski definition) is 2. The molecule has 12 heavy (non-hydrogen) atoms. The van der Waals surface area contributed by atoms with Crippen LogP contribution in [0, 0.1) is 0 Å². The maximum atomic E-state index is 11.3. The highest BCUT2D eigenvalue weighted by molar-refractivity contribution is 5.85. The summed E-state index contributed by atoms with van der Waals surface area (Å²) in [4.78, 5) is 15.9. The molecule has 0 N–H and O–H groups in total. The maximum absolute atomic E-state index is 11.3. The molecule has 3 heterocycles. The summed E-state index contributed by atoms with van der Waals surface area (Å²) in [5, 5.41) is 0. The van der Waals surface area contributed by atoms with E-state index >= 15 is 0 Å². The van der Waals surface area contributed by atoms with Gasteiger partial charge in [0.15, 0.2) is 0 Å². The molecule has 3 nitrogen and oxygen atoms in total. The number of fused-ring (bicyclic) bond motifs is 3. The second-order valence-electron chi connectivity index (χ2n) is 4.44. The molecular weight excluding hydrogens is 152 g/mol. The van der Waals surface area contributed by atoms with Gasteiger partial charge in [0, 0.05) is 25.7 Å². The van der Waals surface area contributed by atoms with Crippen LogP contribution in [0.3, 0.4) is 0 Å². The van der Waals surface area contributed by atoms with E-state index in [-0.39, 0.29) is 5.54 Å². The third kappa shape index (κ3) is 0.637. The molecule has 1 amide bonds. The van der Waals surface area contributed by atoms with Gasteiger partial charge in [0.1, 0.15) is 0 Å². The Bertz CT molecular complexity index is 253. The number of amides is 1. The molecule has 3 saturated heterocycles. The number of nitrogens with zero attached hydrogens (tertiary/aromatic N) is 2. The Kier molecular flexibility index (Phi) is 1.06. The molecule has 0 aliphatic carbocycles. The standard InChI is InChI=1S/C9H14N2O/c1-9-5-8(12)11(9)4-2-3-10-6-7(9)10/h7H,2-6H2,1H3. The zero-order valence-electron chi connectivity index (χ0n) is 7.42. The second-order valence-corrected chi connectivity index (χ2v) is 4.44. The van der Waals surface area contributed by atoms with Gasteiger partial charge in [0.05, 0.1) is 12.0 Å². The Hall–Kier alpha value is -0.570. The van der Waals surface area contributed by atoms with Crippen LogP contribution in [0.25, 0.3) is 0 Å². The number of hydrogen-bond donors (Lipinski definition) is 0. The van der Waals surface area contributed by atoms with Crippen molar-refractivity contribution >= 4 is 5.91 Å². The molecule has 0 spiro atoms. The van der Waals surface area contributed by atoms with Crippen molar-refractivity contribution in [3.8, 4) is 0 Å². The lowest BCUT2D eigenvalue weighted by Gasteiger charge is -2.49. The van der Waals surface area contributed by atoms with Gasteiger partial charge in [0.25, 0.3) is 0 Å². The van der Waals surface area contributed by atoms with E-state index in [4.69, 9.17) is 0 Å². The molecule has 0 aromatic rings. The molecule has 0 saturated carbocycles. The first kappa shape index (κ1) is 6.89. The molecule has 3 heteroatoms. The summed E-state index contributed by atoms with van der Waals surface area (Å²) in [5.74, 6) is 0.367. The van der Waals surface area contributed by atoms with Crippen molar-refractivity contribution in [2.24, 2.45) is 0 Å². The molecule has 0 bridgehead atoms. The fraction of sp³-hybridized carbons (Fsp3) is 0.889. The molecule has 3 rings (SSSR count). The van der Waals surface area contributed by atoms with Gasteiger partial charge in [-0.05, 0) is 13.3 Å². The normalized spacial score (nSPS) is 50.4. The third-order valence-corrected chi connectivity index (χ3v) is 3.69. The van der Waals surface area contributed by atoms with Crippen LogP contribution in [0.1, 0.15) is 19.8 Å². The van der Waals surface area contributed by atoms with Gasteiger partial charge in [-0.2, -0.15) is 0 Å². The summed E-state index contributed by atoms with van der Waals surface area (Å²) in [5.41, 5.74) is 0.216. The predicted molar refractivity (Wildman–Crippen MR) is 44.7 cm³/mol. The molecule has 0 aromatic heterocycles. The topological polar surface area (TPSA) is 23.3 Å². The molecule has 3 atom stereocenters. The minimum atomic E-state index is 0.216. The number of rotatable bonds is 0. The summed E-state index contributed by atoms with van der Waals surface area (Å²) in [6.07, 6.45) is 1.95. The van der Waals surface area contributed by atoms with Gasteiger partial charge in [0.2, 0.25) is 5.91 Å². The molecule has 0 radical (unpaired) electrons. The molecule has 3 unspecified atom stereocenters. The molecule has 0 aromatic carbocycles. The lowest BCUT2D eigenvalue weighted by atomic mass is 9.82. The first-order valence-corrected chi connectivity index (χ1v) is 4.76.